The molecule has 1 unspecified atom stereocenters. The first kappa shape index (κ1) is 14.9. The minimum Gasteiger partial charge on any atom is -0.341 e. The quantitative estimate of drug-likeness (QED) is 0.801. The lowest BCUT2D eigenvalue weighted by Crippen LogP contribution is -2.26. The van der Waals surface area contributed by atoms with Crippen molar-refractivity contribution in [2.75, 3.05) is 0 Å². The highest BCUT2D eigenvalue weighted by molar-refractivity contribution is 5.94. The van der Waals surface area contributed by atoms with Crippen LogP contribution in [0.15, 0.2) is 53.3 Å². The standard InChI is InChI=1S/C17H16N4O2/c1-11-5-3-4-6-14(11)15-20-17(23-21-15)12(2)19-16(22)13-7-9-18-10-8-13/h3-10,12H,1-2H3,(H,19,22). The number of aromatic nitrogens is 3. The Bertz CT molecular complexity index is 814. The van der Waals surface area contributed by atoms with Crippen LogP contribution in [-0.4, -0.2) is 21.0 Å². The molecule has 0 spiro atoms. The highest BCUT2D eigenvalue weighted by Crippen LogP contribution is 2.21. The van der Waals surface area contributed by atoms with Gasteiger partial charge in [-0.3, -0.25) is 9.78 Å². The number of benzene rings is 1. The molecule has 6 nitrogen and oxygen atoms in total. The van der Waals surface area contributed by atoms with Gasteiger partial charge in [0.1, 0.15) is 6.04 Å². The zero-order valence-corrected chi connectivity index (χ0v) is 12.9. The molecule has 0 saturated carbocycles. The molecule has 3 rings (SSSR count). The molecule has 1 amide bonds. The molecule has 0 bridgehead atoms. The summed E-state index contributed by atoms with van der Waals surface area (Å²) < 4.78 is 5.28. The Morgan fingerprint density at radius 2 is 1.91 bits per heavy atom. The molecule has 1 aromatic carbocycles. The molecule has 0 saturated heterocycles. The second-order valence-electron chi connectivity index (χ2n) is 5.20. The summed E-state index contributed by atoms with van der Waals surface area (Å²) in [5, 5.41) is 6.83. The van der Waals surface area contributed by atoms with E-state index in [1.807, 2.05) is 31.2 Å². The maximum Gasteiger partial charge on any atom is 0.252 e. The fourth-order valence-electron chi connectivity index (χ4n) is 2.19. The van der Waals surface area contributed by atoms with Crippen LogP contribution in [0.5, 0.6) is 0 Å². The third-order valence-electron chi connectivity index (χ3n) is 3.49. The monoisotopic (exact) mass is 308 g/mol. The summed E-state index contributed by atoms with van der Waals surface area (Å²) >= 11 is 0. The Labute approximate surface area is 133 Å². The number of rotatable bonds is 4. The van der Waals surface area contributed by atoms with E-state index >= 15 is 0 Å². The lowest BCUT2D eigenvalue weighted by atomic mass is 10.1. The number of amides is 1. The summed E-state index contributed by atoms with van der Waals surface area (Å²) in [5.74, 6) is 0.671. The molecule has 3 aromatic rings. The van der Waals surface area contributed by atoms with Crippen molar-refractivity contribution in [1.29, 1.82) is 0 Å². The van der Waals surface area contributed by atoms with E-state index in [9.17, 15) is 4.79 Å². The SMILES string of the molecule is Cc1ccccc1-c1noc(C(C)NC(=O)c2ccncc2)n1. The zero-order valence-electron chi connectivity index (χ0n) is 12.9. The van der Waals surface area contributed by atoms with Crippen molar-refractivity contribution in [2.45, 2.75) is 19.9 Å². The second-order valence-corrected chi connectivity index (χ2v) is 5.20. The van der Waals surface area contributed by atoms with Crippen molar-refractivity contribution in [3.63, 3.8) is 0 Å². The fraction of sp³-hybridized carbons (Fsp3) is 0.176. The number of carbonyl (C=O) groups is 1. The number of carbonyl (C=O) groups excluding carboxylic acids is 1. The number of hydrogen-bond acceptors (Lipinski definition) is 5. The van der Waals surface area contributed by atoms with Crippen LogP contribution < -0.4 is 5.32 Å². The topological polar surface area (TPSA) is 80.9 Å². The van der Waals surface area contributed by atoms with Crippen LogP contribution in [0.2, 0.25) is 0 Å². The molecule has 1 N–H and O–H groups in total. The van der Waals surface area contributed by atoms with E-state index < -0.39 is 0 Å². The molecule has 23 heavy (non-hydrogen) atoms. The number of hydrogen-bond donors (Lipinski definition) is 1. The highest BCUT2D eigenvalue weighted by atomic mass is 16.5. The molecule has 0 aliphatic rings. The Kier molecular flexibility index (Phi) is 4.14. The van der Waals surface area contributed by atoms with E-state index in [2.05, 4.69) is 20.4 Å². The summed E-state index contributed by atoms with van der Waals surface area (Å²) in [6.45, 7) is 3.79. The van der Waals surface area contributed by atoms with Gasteiger partial charge in [0.15, 0.2) is 0 Å². The predicted molar refractivity (Wildman–Crippen MR) is 84.6 cm³/mol. The van der Waals surface area contributed by atoms with Crippen LogP contribution >= 0.6 is 0 Å². The van der Waals surface area contributed by atoms with Crippen molar-refractivity contribution in [2.24, 2.45) is 0 Å². The molecule has 6 heteroatoms. The van der Waals surface area contributed by atoms with Crippen LogP contribution in [0.3, 0.4) is 0 Å². The van der Waals surface area contributed by atoms with Crippen molar-refractivity contribution in [3.8, 4) is 11.4 Å². The average Bonchev–Trinajstić information content (AvgIpc) is 3.06. The maximum absolute atomic E-state index is 12.1. The summed E-state index contributed by atoms with van der Waals surface area (Å²) in [6, 6.07) is 10.7. The molecule has 0 fully saturated rings. The summed E-state index contributed by atoms with van der Waals surface area (Å²) in [7, 11) is 0. The van der Waals surface area contributed by atoms with E-state index in [0.717, 1.165) is 11.1 Å². The molecule has 0 radical (unpaired) electrons. The van der Waals surface area contributed by atoms with E-state index in [4.69, 9.17) is 4.52 Å². The molecular formula is C17H16N4O2. The Balaban J connectivity index is 1.75. The van der Waals surface area contributed by atoms with Crippen molar-refractivity contribution >= 4 is 5.91 Å². The Morgan fingerprint density at radius 3 is 2.65 bits per heavy atom. The van der Waals surface area contributed by atoms with Gasteiger partial charge >= 0.3 is 0 Å². The van der Waals surface area contributed by atoms with Crippen molar-refractivity contribution in [1.82, 2.24) is 20.4 Å². The van der Waals surface area contributed by atoms with Gasteiger partial charge < -0.3 is 9.84 Å². The van der Waals surface area contributed by atoms with Crippen LogP contribution in [0.25, 0.3) is 11.4 Å². The minimum atomic E-state index is -0.388. The predicted octanol–water partition coefficient (Wildman–Crippen LogP) is 2.93. The number of nitrogens with one attached hydrogen (secondary N) is 1. The largest absolute Gasteiger partial charge is 0.341 e. The van der Waals surface area contributed by atoms with Gasteiger partial charge in [0.25, 0.3) is 5.91 Å². The number of nitrogens with zero attached hydrogens (tertiary/aromatic N) is 3. The first-order valence-corrected chi connectivity index (χ1v) is 7.25. The van der Waals surface area contributed by atoms with Gasteiger partial charge in [-0.05, 0) is 31.5 Å². The molecule has 0 aliphatic heterocycles. The molecule has 116 valence electrons. The smallest absolute Gasteiger partial charge is 0.252 e. The van der Waals surface area contributed by atoms with Crippen LogP contribution in [0.1, 0.15) is 34.8 Å². The van der Waals surface area contributed by atoms with E-state index in [1.54, 1.807) is 31.5 Å². The van der Waals surface area contributed by atoms with Gasteiger partial charge in [-0.15, -0.1) is 0 Å². The van der Waals surface area contributed by atoms with Crippen LogP contribution in [0, 0.1) is 6.92 Å². The zero-order chi connectivity index (χ0) is 16.2. The lowest BCUT2D eigenvalue weighted by molar-refractivity contribution is 0.0932. The molecule has 0 aliphatic carbocycles. The third-order valence-corrected chi connectivity index (χ3v) is 3.49. The summed E-state index contributed by atoms with van der Waals surface area (Å²) in [6.07, 6.45) is 3.14. The van der Waals surface area contributed by atoms with Gasteiger partial charge in [0.05, 0.1) is 0 Å². The van der Waals surface area contributed by atoms with E-state index in [1.165, 1.54) is 0 Å². The minimum absolute atomic E-state index is 0.212. The fourth-order valence-corrected chi connectivity index (χ4v) is 2.19. The third kappa shape index (κ3) is 3.26. The first-order valence-electron chi connectivity index (χ1n) is 7.25. The van der Waals surface area contributed by atoms with E-state index in [0.29, 0.717) is 17.3 Å². The van der Waals surface area contributed by atoms with Gasteiger partial charge in [-0.2, -0.15) is 4.98 Å². The highest BCUT2D eigenvalue weighted by Gasteiger charge is 2.18. The average molecular weight is 308 g/mol. The normalized spacial score (nSPS) is 11.9. The van der Waals surface area contributed by atoms with Crippen LogP contribution in [-0.2, 0) is 0 Å². The van der Waals surface area contributed by atoms with Crippen molar-refractivity contribution < 1.29 is 9.32 Å². The van der Waals surface area contributed by atoms with Gasteiger partial charge in [0, 0.05) is 23.5 Å². The first-order chi connectivity index (χ1) is 11.1. The van der Waals surface area contributed by atoms with E-state index in [-0.39, 0.29) is 11.9 Å². The van der Waals surface area contributed by atoms with Crippen LogP contribution in [0.4, 0.5) is 0 Å². The second kappa shape index (κ2) is 6.39. The number of pyridine rings is 1. The Hall–Kier alpha value is -3.02. The molecule has 2 heterocycles. The maximum atomic E-state index is 12.1. The van der Waals surface area contributed by atoms with Gasteiger partial charge in [-0.1, -0.05) is 29.4 Å². The number of aryl methyl sites for hydroxylation is 1. The van der Waals surface area contributed by atoms with Gasteiger partial charge in [0.2, 0.25) is 11.7 Å². The molecule has 2 aromatic heterocycles. The van der Waals surface area contributed by atoms with Crippen molar-refractivity contribution in [3.05, 3.63) is 65.8 Å². The molecule has 1 atom stereocenters. The lowest BCUT2D eigenvalue weighted by Gasteiger charge is -2.09. The molecular weight excluding hydrogens is 292 g/mol. The summed E-state index contributed by atoms with van der Waals surface area (Å²) in [4.78, 5) is 20.4. The Morgan fingerprint density at radius 1 is 1.17 bits per heavy atom. The summed E-state index contributed by atoms with van der Waals surface area (Å²) in [5.41, 5.74) is 2.51. The van der Waals surface area contributed by atoms with Gasteiger partial charge in [-0.25, -0.2) is 0 Å².